The van der Waals surface area contributed by atoms with Crippen LogP contribution in [0.2, 0.25) is 0 Å². The molecule has 0 nitrogen and oxygen atoms in total. The number of hydrogen-bond donors (Lipinski definition) is 0. The molecule has 0 fully saturated rings. The first-order valence-electron chi connectivity index (χ1n) is 7.49. The third-order valence-corrected chi connectivity index (χ3v) is 3.42. The second-order valence-electron chi connectivity index (χ2n) is 4.87. The van der Waals surface area contributed by atoms with Crippen LogP contribution in [0.5, 0.6) is 0 Å². The summed E-state index contributed by atoms with van der Waals surface area (Å²) >= 11 is 0. The summed E-state index contributed by atoms with van der Waals surface area (Å²) in [7, 11) is 0. The Labute approximate surface area is 104 Å². The molecule has 0 spiro atoms. The maximum Gasteiger partial charge on any atom is -0.0318 e. The Kier molecular flexibility index (Phi) is 11.0. The van der Waals surface area contributed by atoms with Crippen LogP contribution in [-0.2, 0) is 0 Å². The Hall–Kier alpha value is -0.260. The third kappa shape index (κ3) is 7.09. The van der Waals surface area contributed by atoms with Crippen LogP contribution in [0.4, 0.5) is 0 Å². The molecule has 0 aliphatic rings. The predicted octanol–water partition coefficient (Wildman–Crippen LogP) is 6.26. The Bertz CT molecular complexity index is 166. The van der Waals surface area contributed by atoms with Crippen molar-refractivity contribution in [2.75, 3.05) is 0 Å². The summed E-state index contributed by atoms with van der Waals surface area (Å²) in [5.74, 6) is 0. The number of rotatable bonds is 10. The van der Waals surface area contributed by atoms with Crippen LogP contribution in [0, 0.1) is 0 Å². The molecule has 0 aliphatic carbocycles. The molecule has 0 heterocycles. The van der Waals surface area contributed by atoms with E-state index in [2.05, 4.69) is 27.7 Å². The molecule has 0 radical (unpaired) electrons. The summed E-state index contributed by atoms with van der Waals surface area (Å²) in [4.78, 5) is 0. The molecule has 0 N–H and O–H groups in total. The van der Waals surface area contributed by atoms with Crippen molar-refractivity contribution in [2.45, 2.75) is 91.9 Å². The van der Waals surface area contributed by atoms with E-state index in [1.54, 1.807) is 11.1 Å². The van der Waals surface area contributed by atoms with Gasteiger partial charge >= 0.3 is 0 Å². The smallest absolute Gasteiger partial charge is 0.0318 e. The maximum absolute atomic E-state index is 2.34. The van der Waals surface area contributed by atoms with Crippen molar-refractivity contribution in [1.82, 2.24) is 0 Å². The van der Waals surface area contributed by atoms with Crippen LogP contribution < -0.4 is 0 Å². The van der Waals surface area contributed by atoms with Gasteiger partial charge in [-0.1, -0.05) is 58.1 Å². The lowest BCUT2D eigenvalue weighted by atomic mass is 9.92. The van der Waals surface area contributed by atoms with Gasteiger partial charge < -0.3 is 0 Å². The molecule has 0 saturated heterocycles. The van der Waals surface area contributed by atoms with Crippen LogP contribution in [-0.4, -0.2) is 0 Å². The monoisotopic (exact) mass is 224 g/mol. The highest BCUT2D eigenvalue weighted by Gasteiger charge is 2.04. The Balaban J connectivity index is 4.39. The van der Waals surface area contributed by atoms with Gasteiger partial charge in [-0.2, -0.15) is 0 Å². The Morgan fingerprint density at radius 1 is 0.562 bits per heavy atom. The van der Waals surface area contributed by atoms with E-state index in [0.717, 1.165) is 0 Å². The normalized spacial score (nSPS) is 10.5. The van der Waals surface area contributed by atoms with E-state index >= 15 is 0 Å². The number of unbranched alkanes of at least 4 members (excludes halogenated alkanes) is 3. The fourth-order valence-electron chi connectivity index (χ4n) is 2.25. The minimum absolute atomic E-state index is 1.28. The van der Waals surface area contributed by atoms with Gasteiger partial charge in [0.1, 0.15) is 0 Å². The second-order valence-corrected chi connectivity index (χ2v) is 4.87. The van der Waals surface area contributed by atoms with E-state index < -0.39 is 0 Å². The molecule has 0 heteroatoms. The van der Waals surface area contributed by atoms with Gasteiger partial charge in [0, 0.05) is 0 Å². The van der Waals surface area contributed by atoms with Crippen molar-refractivity contribution in [3.63, 3.8) is 0 Å². The van der Waals surface area contributed by atoms with Gasteiger partial charge in [0.25, 0.3) is 0 Å². The third-order valence-electron chi connectivity index (χ3n) is 3.42. The second kappa shape index (κ2) is 11.2. The van der Waals surface area contributed by atoms with Gasteiger partial charge in [-0.25, -0.2) is 0 Å². The zero-order valence-electron chi connectivity index (χ0n) is 12.1. The van der Waals surface area contributed by atoms with E-state index in [-0.39, 0.29) is 0 Å². The summed E-state index contributed by atoms with van der Waals surface area (Å²) < 4.78 is 0. The molecule has 0 aliphatic heterocycles. The zero-order chi connectivity index (χ0) is 12.2. The van der Waals surface area contributed by atoms with Crippen molar-refractivity contribution < 1.29 is 0 Å². The van der Waals surface area contributed by atoms with Crippen molar-refractivity contribution in [1.29, 1.82) is 0 Å². The largest absolute Gasteiger partial charge is 0.0713 e. The molecule has 0 atom stereocenters. The highest BCUT2D eigenvalue weighted by atomic mass is 14.1. The lowest BCUT2D eigenvalue weighted by Crippen LogP contribution is -1.94. The first kappa shape index (κ1) is 15.7. The standard InChI is InChI=1S/C16H32/c1-5-9-12-15(8-4)16(13-10-6-2)14-11-7-3/h5-14H2,1-4H3. The molecule has 0 rings (SSSR count). The Morgan fingerprint density at radius 2 is 0.938 bits per heavy atom. The summed E-state index contributed by atoms with van der Waals surface area (Å²) in [5, 5.41) is 0. The van der Waals surface area contributed by atoms with Crippen molar-refractivity contribution in [3.8, 4) is 0 Å². The van der Waals surface area contributed by atoms with Gasteiger partial charge in [0.05, 0.1) is 0 Å². The summed E-state index contributed by atoms with van der Waals surface area (Å²) in [6.45, 7) is 9.23. The van der Waals surface area contributed by atoms with Crippen molar-refractivity contribution >= 4 is 0 Å². The molecule has 0 unspecified atom stereocenters. The van der Waals surface area contributed by atoms with Crippen molar-refractivity contribution in [3.05, 3.63) is 11.1 Å². The van der Waals surface area contributed by atoms with Crippen LogP contribution in [0.3, 0.4) is 0 Å². The van der Waals surface area contributed by atoms with E-state index in [1.165, 1.54) is 64.2 Å². The summed E-state index contributed by atoms with van der Waals surface area (Å²) in [5.41, 5.74) is 3.59. The maximum atomic E-state index is 2.34. The van der Waals surface area contributed by atoms with Crippen LogP contribution >= 0.6 is 0 Å². The predicted molar refractivity (Wildman–Crippen MR) is 75.9 cm³/mol. The minimum atomic E-state index is 1.28. The van der Waals surface area contributed by atoms with E-state index in [1.807, 2.05) is 0 Å². The molecule has 0 bridgehead atoms. The topological polar surface area (TPSA) is 0 Å². The quantitative estimate of drug-likeness (QED) is 0.384. The van der Waals surface area contributed by atoms with Gasteiger partial charge in [0.2, 0.25) is 0 Å². The highest BCUT2D eigenvalue weighted by molar-refractivity contribution is 5.14. The zero-order valence-corrected chi connectivity index (χ0v) is 12.1. The van der Waals surface area contributed by atoms with Gasteiger partial charge in [-0.3, -0.25) is 0 Å². The SMILES string of the molecule is CCCCC(CC)=C(CCCC)CCCC. The molecule has 0 amide bonds. The summed E-state index contributed by atoms with van der Waals surface area (Å²) in [6, 6.07) is 0. The van der Waals surface area contributed by atoms with E-state index in [9.17, 15) is 0 Å². The molecule has 16 heavy (non-hydrogen) atoms. The molecule has 96 valence electrons. The van der Waals surface area contributed by atoms with E-state index in [4.69, 9.17) is 0 Å². The molecular formula is C16H32. The van der Waals surface area contributed by atoms with Crippen LogP contribution in [0.1, 0.15) is 91.9 Å². The summed E-state index contributed by atoms with van der Waals surface area (Å²) in [6.07, 6.45) is 13.5. The fraction of sp³-hybridized carbons (Fsp3) is 0.875. The minimum Gasteiger partial charge on any atom is -0.0713 e. The average molecular weight is 224 g/mol. The van der Waals surface area contributed by atoms with Crippen molar-refractivity contribution in [2.24, 2.45) is 0 Å². The van der Waals surface area contributed by atoms with Gasteiger partial charge in [-0.15, -0.1) is 0 Å². The fourth-order valence-corrected chi connectivity index (χ4v) is 2.25. The molecule has 0 aromatic carbocycles. The molecule has 0 saturated carbocycles. The number of hydrogen-bond acceptors (Lipinski definition) is 0. The highest BCUT2D eigenvalue weighted by Crippen LogP contribution is 2.24. The molecule has 0 aromatic rings. The molecule has 0 aromatic heterocycles. The van der Waals surface area contributed by atoms with Crippen LogP contribution in [0.25, 0.3) is 0 Å². The number of allylic oxidation sites excluding steroid dienone is 2. The molecular weight excluding hydrogens is 192 g/mol. The van der Waals surface area contributed by atoms with Gasteiger partial charge in [-0.05, 0) is 44.9 Å². The lowest BCUT2D eigenvalue weighted by molar-refractivity contribution is 0.676. The lowest BCUT2D eigenvalue weighted by Gasteiger charge is -2.14. The average Bonchev–Trinajstić information content (AvgIpc) is 2.32. The van der Waals surface area contributed by atoms with E-state index in [0.29, 0.717) is 0 Å². The first-order valence-corrected chi connectivity index (χ1v) is 7.49. The van der Waals surface area contributed by atoms with Crippen LogP contribution in [0.15, 0.2) is 11.1 Å². The van der Waals surface area contributed by atoms with Gasteiger partial charge in [0.15, 0.2) is 0 Å². The first-order chi connectivity index (χ1) is 7.79. The Morgan fingerprint density at radius 3 is 1.25 bits per heavy atom.